The third-order valence-corrected chi connectivity index (χ3v) is 3.38. The minimum atomic E-state index is 0. The molecular formula is C13H15ClN2O. The van der Waals surface area contributed by atoms with Crippen molar-refractivity contribution >= 4 is 12.4 Å². The van der Waals surface area contributed by atoms with E-state index in [1.807, 2.05) is 12.3 Å². The van der Waals surface area contributed by atoms with Crippen LogP contribution < -0.4 is 0 Å². The SMILES string of the molecule is Cl.Oc1cccc2c1CCCC2c1cnc[nH]1. The number of imidazole rings is 1. The third-order valence-electron chi connectivity index (χ3n) is 3.38. The van der Waals surface area contributed by atoms with E-state index in [1.165, 1.54) is 5.56 Å². The first-order chi connectivity index (χ1) is 7.86. The maximum Gasteiger partial charge on any atom is 0.119 e. The Morgan fingerprint density at radius 1 is 1.35 bits per heavy atom. The first-order valence-corrected chi connectivity index (χ1v) is 5.65. The second kappa shape index (κ2) is 4.80. The number of aromatic hydroxyl groups is 1. The molecule has 1 aromatic heterocycles. The normalized spacial score (nSPS) is 18.2. The van der Waals surface area contributed by atoms with Crippen LogP contribution in [-0.2, 0) is 6.42 Å². The van der Waals surface area contributed by atoms with E-state index < -0.39 is 0 Å². The van der Waals surface area contributed by atoms with Crippen LogP contribution >= 0.6 is 12.4 Å². The summed E-state index contributed by atoms with van der Waals surface area (Å²) in [5.41, 5.74) is 3.50. The number of hydrogen-bond donors (Lipinski definition) is 2. The highest BCUT2D eigenvalue weighted by molar-refractivity contribution is 5.85. The van der Waals surface area contributed by atoms with Gasteiger partial charge in [0.15, 0.2) is 0 Å². The minimum Gasteiger partial charge on any atom is -0.508 e. The number of H-pyrrole nitrogens is 1. The van der Waals surface area contributed by atoms with Crippen molar-refractivity contribution in [1.29, 1.82) is 0 Å². The van der Waals surface area contributed by atoms with Gasteiger partial charge < -0.3 is 10.1 Å². The van der Waals surface area contributed by atoms with Gasteiger partial charge in [-0.3, -0.25) is 0 Å². The molecule has 2 N–H and O–H groups in total. The molecule has 0 aliphatic heterocycles. The third kappa shape index (κ3) is 2.03. The van der Waals surface area contributed by atoms with Crippen molar-refractivity contribution in [2.75, 3.05) is 0 Å². The summed E-state index contributed by atoms with van der Waals surface area (Å²) in [7, 11) is 0. The monoisotopic (exact) mass is 250 g/mol. The van der Waals surface area contributed by atoms with E-state index in [-0.39, 0.29) is 12.4 Å². The molecule has 1 aliphatic rings. The van der Waals surface area contributed by atoms with Crippen molar-refractivity contribution in [2.24, 2.45) is 0 Å². The maximum atomic E-state index is 9.85. The van der Waals surface area contributed by atoms with Gasteiger partial charge in [-0.05, 0) is 36.5 Å². The van der Waals surface area contributed by atoms with Crippen LogP contribution in [0.4, 0.5) is 0 Å². The second-order valence-corrected chi connectivity index (χ2v) is 4.30. The van der Waals surface area contributed by atoms with E-state index in [9.17, 15) is 5.11 Å². The van der Waals surface area contributed by atoms with Gasteiger partial charge in [-0.1, -0.05) is 12.1 Å². The number of fused-ring (bicyclic) bond motifs is 1. The molecular weight excluding hydrogens is 236 g/mol. The Morgan fingerprint density at radius 3 is 3.00 bits per heavy atom. The Morgan fingerprint density at radius 2 is 2.24 bits per heavy atom. The summed E-state index contributed by atoms with van der Waals surface area (Å²) in [6.45, 7) is 0. The van der Waals surface area contributed by atoms with Gasteiger partial charge in [0.25, 0.3) is 0 Å². The summed E-state index contributed by atoms with van der Waals surface area (Å²) in [5, 5.41) is 9.85. The Hall–Kier alpha value is -1.48. The lowest BCUT2D eigenvalue weighted by Crippen LogP contribution is -2.11. The van der Waals surface area contributed by atoms with Gasteiger partial charge >= 0.3 is 0 Å². The highest BCUT2D eigenvalue weighted by Gasteiger charge is 2.24. The first-order valence-electron chi connectivity index (χ1n) is 5.65. The number of halogens is 1. The lowest BCUT2D eigenvalue weighted by molar-refractivity contribution is 0.458. The zero-order valence-electron chi connectivity index (χ0n) is 9.39. The molecule has 3 rings (SSSR count). The van der Waals surface area contributed by atoms with E-state index in [0.29, 0.717) is 11.7 Å². The molecule has 0 fully saturated rings. The molecule has 1 aromatic carbocycles. The number of phenolic OH excluding ortho intramolecular Hbond substituents is 1. The van der Waals surface area contributed by atoms with Crippen LogP contribution in [0.1, 0.15) is 35.6 Å². The molecule has 1 unspecified atom stereocenters. The second-order valence-electron chi connectivity index (χ2n) is 4.30. The van der Waals surface area contributed by atoms with Crippen LogP contribution in [0.15, 0.2) is 30.7 Å². The van der Waals surface area contributed by atoms with Crippen molar-refractivity contribution < 1.29 is 5.11 Å². The number of aromatic nitrogens is 2. The number of aromatic amines is 1. The van der Waals surface area contributed by atoms with Crippen LogP contribution in [-0.4, -0.2) is 15.1 Å². The van der Waals surface area contributed by atoms with E-state index in [1.54, 1.807) is 12.4 Å². The molecule has 2 aromatic rings. The van der Waals surface area contributed by atoms with Crippen molar-refractivity contribution in [2.45, 2.75) is 25.2 Å². The quantitative estimate of drug-likeness (QED) is 0.817. The Balaban J connectivity index is 0.00000108. The van der Waals surface area contributed by atoms with E-state index >= 15 is 0 Å². The number of nitrogens with one attached hydrogen (secondary N) is 1. The van der Waals surface area contributed by atoms with Gasteiger partial charge in [0.2, 0.25) is 0 Å². The van der Waals surface area contributed by atoms with Crippen LogP contribution in [0.3, 0.4) is 0 Å². The zero-order chi connectivity index (χ0) is 11.0. The van der Waals surface area contributed by atoms with Crippen LogP contribution in [0.2, 0.25) is 0 Å². The average Bonchev–Trinajstić information content (AvgIpc) is 2.82. The number of rotatable bonds is 1. The summed E-state index contributed by atoms with van der Waals surface area (Å²) in [4.78, 5) is 7.25. The van der Waals surface area contributed by atoms with E-state index in [2.05, 4.69) is 16.0 Å². The fraction of sp³-hybridized carbons (Fsp3) is 0.308. The van der Waals surface area contributed by atoms with Crippen LogP contribution in [0.25, 0.3) is 0 Å². The lowest BCUT2D eigenvalue weighted by atomic mass is 9.81. The molecule has 4 heteroatoms. The Kier molecular flexibility index (Phi) is 3.38. The molecule has 0 saturated heterocycles. The average molecular weight is 251 g/mol. The molecule has 0 bridgehead atoms. The van der Waals surface area contributed by atoms with Crippen LogP contribution in [0.5, 0.6) is 5.75 Å². The van der Waals surface area contributed by atoms with E-state index in [0.717, 1.165) is 30.5 Å². The van der Waals surface area contributed by atoms with Gasteiger partial charge in [0, 0.05) is 17.8 Å². The van der Waals surface area contributed by atoms with Crippen molar-refractivity contribution in [3.63, 3.8) is 0 Å². The highest BCUT2D eigenvalue weighted by atomic mass is 35.5. The highest BCUT2D eigenvalue weighted by Crippen LogP contribution is 2.38. The molecule has 0 spiro atoms. The predicted octanol–water partition coefficient (Wildman–Crippen LogP) is 3.01. The summed E-state index contributed by atoms with van der Waals surface area (Å²) < 4.78 is 0. The molecule has 0 amide bonds. The van der Waals surface area contributed by atoms with Crippen LogP contribution in [0, 0.1) is 0 Å². The number of hydrogen-bond acceptors (Lipinski definition) is 2. The summed E-state index contributed by atoms with van der Waals surface area (Å²) in [6.07, 6.45) is 6.82. The summed E-state index contributed by atoms with van der Waals surface area (Å²) in [6, 6.07) is 5.80. The number of benzene rings is 1. The zero-order valence-corrected chi connectivity index (χ0v) is 10.2. The largest absolute Gasteiger partial charge is 0.508 e. The van der Waals surface area contributed by atoms with Crippen molar-refractivity contribution in [3.8, 4) is 5.75 Å². The summed E-state index contributed by atoms with van der Waals surface area (Å²) in [5.74, 6) is 0.792. The molecule has 0 radical (unpaired) electrons. The summed E-state index contributed by atoms with van der Waals surface area (Å²) >= 11 is 0. The van der Waals surface area contributed by atoms with Gasteiger partial charge in [-0.2, -0.15) is 0 Å². The van der Waals surface area contributed by atoms with Crippen molar-refractivity contribution in [1.82, 2.24) is 9.97 Å². The Bertz CT molecular complexity index is 496. The number of phenols is 1. The van der Waals surface area contributed by atoms with Gasteiger partial charge in [-0.25, -0.2) is 4.98 Å². The molecule has 17 heavy (non-hydrogen) atoms. The first kappa shape index (κ1) is 12.0. The molecule has 90 valence electrons. The standard InChI is InChI=1S/C13H14N2O.ClH/c16-13-6-2-3-9-10(4-1-5-11(9)13)12-7-14-8-15-12;/h2-3,6-8,10,16H,1,4-5H2,(H,14,15);1H. The molecule has 0 saturated carbocycles. The fourth-order valence-electron chi connectivity index (χ4n) is 2.61. The fourth-order valence-corrected chi connectivity index (χ4v) is 2.61. The predicted molar refractivity (Wildman–Crippen MR) is 68.7 cm³/mol. The molecule has 1 atom stereocenters. The molecule has 1 aliphatic carbocycles. The smallest absolute Gasteiger partial charge is 0.119 e. The van der Waals surface area contributed by atoms with E-state index in [4.69, 9.17) is 0 Å². The van der Waals surface area contributed by atoms with Gasteiger partial charge in [0.1, 0.15) is 5.75 Å². The molecule has 3 nitrogen and oxygen atoms in total. The van der Waals surface area contributed by atoms with Crippen molar-refractivity contribution in [3.05, 3.63) is 47.5 Å². The minimum absolute atomic E-state index is 0. The topological polar surface area (TPSA) is 48.9 Å². The van der Waals surface area contributed by atoms with Gasteiger partial charge in [0.05, 0.1) is 6.33 Å². The molecule has 1 heterocycles. The lowest BCUT2D eigenvalue weighted by Gasteiger charge is -2.25. The number of nitrogens with zero attached hydrogens (tertiary/aromatic N) is 1. The Labute approximate surface area is 106 Å². The maximum absolute atomic E-state index is 9.85. The van der Waals surface area contributed by atoms with Gasteiger partial charge in [-0.15, -0.1) is 12.4 Å².